The first-order valence-corrected chi connectivity index (χ1v) is 7.03. The molecule has 0 aliphatic carbocycles. The fourth-order valence-electron chi connectivity index (χ4n) is 2.57. The van der Waals surface area contributed by atoms with E-state index < -0.39 is 17.0 Å². The van der Waals surface area contributed by atoms with Crippen LogP contribution in [0, 0.1) is 5.21 Å². The molecular weight excluding hydrogens is 324 g/mol. The highest BCUT2D eigenvalue weighted by atomic mass is 79.9. The van der Waals surface area contributed by atoms with E-state index in [1.54, 1.807) is 26.0 Å². The van der Waals surface area contributed by atoms with Gasteiger partial charge in [0.05, 0.1) is 0 Å². The van der Waals surface area contributed by atoms with Crippen molar-refractivity contribution in [1.82, 2.24) is 5.06 Å². The third-order valence-electron chi connectivity index (χ3n) is 3.90. The lowest BCUT2D eigenvalue weighted by molar-refractivity contribution is -0.565. The lowest BCUT2D eigenvalue weighted by Gasteiger charge is -2.30. The van der Waals surface area contributed by atoms with Crippen molar-refractivity contribution in [3.8, 4) is 0 Å². The van der Waals surface area contributed by atoms with Gasteiger partial charge in [-0.15, -0.1) is 5.06 Å². The van der Waals surface area contributed by atoms with Crippen LogP contribution in [-0.2, 0) is 4.79 Å². The summed E-state index contributed by atoms with van der Waals surface area (Å²) in [6.07, 6.45) is 0. The number of carbonyl (C=O) groups excluding carboxylic acids is 1. The number of rotatable bonds is 2. The van der Waals surface area contributed by atoms with E-state index in [9.17, 15) is 15.2 Å². The van der Waals surface area contributed by atoms with Gasteiger partial charge in [-0.25, -0.2) is 0 Å². The fourth-order valence-corrected chi connectivity index (χ4v) is 2.83. The molecule has 0 amide bonds. The largest absolute Gasteiger partial charge is 0.622 e. The summed E-state index contributed by atoms with van der Waals surface area (Å²) in [5.74, 6) is -0.407. The first kappa shape index (κ1) is 15.2. The van der Waals surface area contributed by atoms with Crippen molar-refractivity contribution >= 4 is 27.4 Å². The van der Waals surface area contributed by atoms with Gasteiger partial charge in [-0.3, -0.25) is 4.79 Å². The maximum absolute atomic E-state index is 12.6. The highest BCUT2D eigenvalue weighted by molar-refractivity contribution is 9.10. The van der Waals surface area contributed by atoms with E-state index in [4.69, 9.17) is 0 Å². The summed E-state index contributed by atoms with van der Waals surface area (Å²) in [6, 6.07) is 7.20. The van der Waals surface area contributed by atoms with Crippen molar-refractivity contribution in [2.24, 2.45) is 0 Å². The van der Waals surface area contributed by atoms with Gasteiger partial charge in [-0.1, -0.05) is 15.9 Å². The Kier molecular flexibility index (Phi) is 3.52. The Balaban J connectivity index is 2.68. The zero-order chi connectivity index (χ0) is 15.3. The number of ketones is 1. The van der Waals surface area contributed by atoms with Gasteiger partial charge in [-0.05, 0) is 38.1 Å². The Morgan fingerprint density at radius 2 is 1.80 bits per heavy atom. The minimum Gasteiger partial charge on any atom is -0.622 e. The third-order valence-corrected chi connectivity index (χ3v) is 4.43. The van der Waals surface area contributed by atoms with Crippen molar-refractivity contribution in [3.63, 3.8) is 0 Å². The second kappa shape index (κ2) is 4.65. The molecule has 20 heavy (non-hydrogen) atoms. The molecule has 0 radical (unpaired) electrons. The predicted octanol–water partition coefficient (Wildman–Crippen LogP) is 2.54. The Morgan fingerprint density at radius 1 is 1.30 bits per heavy atom. The summed E-state index contributed by atoms with van der Waals surface area (Å²) < 4.78 is 1.50. The molecule has 6 heteroatoms. The molecule has 0 bridgehead atoms. The number of hydroxylamine groups is 3. The average molecular weight is 341 g/mol. The second-order valence-electron chi connectivity index (χ2n) is 5.60. The van der Waals surface area contributed by atoms with Crippen molar-refractivity contribution in [1.29, 1.82) is 0 Å². The number of nitrogens with zero attached hydrogens (tertiary/aromatic N) is 2. The molecule has 1 N–H and O–H groups in total. The van der Waals surface area contributed by atoms with Crippen molar-refractivity contribution in [3.05, 3.63) is 39.5 Å². The van der Waals surface area contributed by atoms with Gasteiger partial charge < -0.3 is 10.4 Å². The van der Waals surface area contributed by atoms with E-state index in [2.05, 4.69) is 15.9 Å². The SMILES string of the molecule is CC(=O)C1(C)N(O)C(C)(C)C(c2ccc(Br)cc2)=[N+]1[O-]. The lowest BCUT2D eigenvalue weighted by atomic mass is 9.92. The molecule has 1 aromatic rings. The Bertz CT molecular complexity index is 595. The molecule has 1 atom stereocenters. The van der Waals surface area contributed by atoms with Crippen molar-refractivity contribution < 1.29 is 14.7 Å². The summed E-state index contributed by atoms with van der Waals surface area (Å²) in [7, 11) is 0. The number of carbonyl (C=O) groups is 1. The predicted molar refractivity (Wildman–Crippen MR) is 78.7 cm³/mol. The van der Waals surface area contributed by atoms with E-state index in [0.29, 0.717) is 16.0 Å². The molecule has 1 aromatic carbocycles. The van der Waals surface area contributed by atoms with E-state index in [1.165, 1.54) is 13.8 Å². The minimum atomic E-state index is -1.61. The summed E-state index contributed by atoms with van der Waals surface area (Å²) in [6.45, 7) is 6.15. The summed E-state index contributed by atoms with van der Waals surface area (Å²) in [5, 5.41) is 23.8. The molecule has 1 aliphatic rings. The van der Waals surface area contributed by atoms with Crippen LogP contribution in [-0.4, -0.2) is 37.7 Å². The van der Waals surface area contributed by atoms with Gasteiger partial charge in [0, 0.05) is 23.9 Å². The summed E-state index contributed by atoms with van der Waals surface area (Å²) in [4.78, 5) is 11.8. The van der Waals surface area contributed by atoms with Crippen LogP contribution in [0.3, 0.4) is 0 Å². The topological polar surface area (TPSA) is 66.6 Å². The van der Waals surface area contributed by atoms with Crippen molar-refractivity contribution in [2.45, 2.75) is 38.9 Å². The van der Waals surface area contributed by atoms with Crippen LogP contribution in [0.25, 0.3) is 0 Å². The van der Waals surface area contributed by atoms with Crippen LogP contribution < -0.4 is 0 Å². The molecule has 2 rings (SSSR count). The molecule has 0 saturated carbocycles. The number of halogens is 1. The second-order valence-corrected chi connectivity index (χ2v) is 6.51. The van der Waals surface area contributed by atoms with Crippen molar-refractivity contribution in [2.75, 3.05) is 0 Å². The van der Waals surface area contributed by atoms with Crippen LogP contribution in [0.15, 0.2) is 28.7 Å². The zero-order valence-corrected chi connectivity index (χ0v) is 13.4. The van der Waals surface area contributed by atoms with E-state index in [1.807, 2.05) is 12.1 Å². The molecule has 5 nitrogen and oxygen atoms in total. The van der Waals surface area contributed by atoms with E-state index in [0.717, 1.165) is 9.54 Å². The third kappa shape index (κ3) is 1.90. The van der Waals surface area contributed by atoms with Gasteiger partial charge >= 0.3 is 5.66 Å². The molecule has 108 valence electrons. The van der Waals surface area contributed by atoms with Gasteiger partial charge in [-0.2, -0.15) is 4.74 Å². The molecule has 0 saturated heterocycles. The highest BCUT2D eigenvalue weighted by Gasteiger charge is 2.62. The molecule has 1 unspecified atom stereocenters. The van der Waals surface area contributed by atoms with Gasteiger partial charge in [0.1, 0.15) is 5.54 Å². The van der Waals surface area contributed by atoms with Crippen LogP contribution in [0.1, 0.15) is 33.3 Å². The molecule has 0 fully saturated rings. The molecular formula is C14H17BrN2O3. The summed E-state index contributed by atoms with van der Waals surface area (Å²) >= 11 is 3.34. The number of Topliss-reactive ketones (excluding diaryl/α,β-unsaturated/α-hetero) is 1. The number of benzene rings is 1. The smallest absolute Gasteiger partial charge is 0.307 e. The molecule has 1 heterocycles. The average Bonchev–Trinajstić information content (AvgIpc) is 2.51. The van der Waals surface area contributed by atoms with E-state index in [-0.39, 0.29) is 0 Å². The van der Waals surface area contributed by atoms with E-state index >= 15 is 0 Å². The van der Waals surface area contributed by atoms with Gasteiger partial charge in [0.25, 0.3) is 0 Å². The van der Waals surface area contributed by atoms with Crippen LogP contribution in [0.4, 0.5) is 0 Å². The summed E-state index contributed by atoms with van der Waals surface area (Å²) in [5.41, 5.74) is -1.52. The first-order chi connectivity index (χ1) is 9.13. The zero-order valence-electron chi connectivity index (χ0n) is 11.8. The van der Waals surface area contributed by atoms with Gasteiger partial charge in [0.2, 0.25) is 11.5 Å². The van der Waals surface area contributed by atoms with Gasteiger partial charge in [0.15, 0.2) is 0 Å². The first-order valence-electron chi connectivity index (χ1n) is 6.24. The number of hydrogen-bond acceptors (Lipinski definition) is 4. The Morgan fingerprint density at radius 3 is 2.20 bits per heavy atom. The Hall–Kier alpha value is -1.24. The Labute approximate surface area is 126 Å². The molecule has 0 aromatic heterocycles. The standard InChI is InChI=1S/C14H17BrN2O3/c1-9(18)14(4)16(19)12(13(2,3)17(14)20)10-5-7-11(15)8-6-10/h5-8,20H,1-4H3. The molecule has 0 spiro atoms. The van der Waals surface area contributed by atoms with Crippen LogP contribution >= 0.6 is 15.9 Å². The lowest BCUT2D eigenvalue weighted by Crippen LogP contribution is -2.57. The normalized spacial score (nSPS) is 26.1. The minimum absolute atomic E-state index is 0.366. The maximum Gasteiger partial charge on any atom is 0.307 e. The van der Waals surface area contributed by atoms with Crippen LogP contribution in [0.5, 0.6) is 0 Å². The monoisotopic (exact) mass is 340 g/mol. The highest BCUT2D eigenvalue weighted by Crippen LogP contribution is 2.35. The quantitative estimate of drug-likeness (QED) is 0.663. The maximum atomic E-state index is 12.6. The fraction of sp³-hybridized carbons (Fsp3) is 0.429. The van der Waals surface area contributed by atoms with Crippen LogP contribution in [0.2, 0.25) is 0 Å². The number of hydrogen-bond donors (Lipinski definition) is 1. The molecule has 1 aliphatic heterocycles.